The van der Waals surface area contributed by atoms with Crippen LogP contribution in [-0.4, -0.2) is 27.7 Å². The Labute approximate surface area is 204 Å². The fraction of sp³-hybridized carbons (Fsp3) is 0.250. The number of non-ortho nitro benzene ring substituents is 1. The highest BCUT2D eigenvalue weighted by molar-refractivity contribution is 5.68. The number of nitro groups is 1. The van der Waals surface area contributed by atoms with Gasteiger partial charge in [0, 0.05) is 17.7 Å². The smallest absolute Gasteiger partial charge is 0.341 e. The van der Waals surface area contributed by atoms with Gasteiger partial charge >= 0.3 is 5.97 Å². The molecule has 0 spiro atoms. The van der Waals surface area contributed by atoms with Crippen LogP contribution in [0.3, 0.4) is 0 Å². The Hall–Kier alpha value is -4.31. The number of benzene rings is 3. The second-order valence-electron chi connectivity index (χ2n) is 8.69. The summed E-state index contributed by atoms with van der Waals surface area (Å²) in [6.07, 6.45) is 0.586. The molecule has 0 aliphatic rings. The quantitative estimate of drug-likeness (QED) is 0.267. The summed E-state index contributed by atoms with van der Waals surface area (Å²) in [5.41, 5.74) is 5.63. The zero-order valence-electron chi connectivity index (χ0n) is 20.1. The first-order valence-corrected chi connectivity index (χ1v) is 11.1. The van der Waals surface area contributed by atoms with Gasteiger partial charge in [0.2, 0.25) is 0 Å². The van der Waals surface area contributed by atoms with Crippen LogP contribution < -0.4 is 4.74 Å². The summed E-state index contributed by atoms with van der Waals surface area (Å²) >= 11 is 0. The molecule has 0 fully saturated rings. The zero-order valence-corrected chi connectivity index (χ0v) is 20.1. The van der Waals surface area contributed by atoms with Crippen molar-refractivity contribution >= 4 is 11.7 Å². The van der Waals surface area contributed by atoms with Crippen LogP contribution in [0.1, 0.15) is 58.7 Å². The molecule has 0 atom stereocenters. The highest BCUT2D eigenvalue weighted by atomic mass is 16.6. The van der Waals surface area contributed by atoms with E-state index in [1.54, 1.807) is 12.1 Å². The van der Waals surface area contributed by atoms with E-state index in [0.717, 1.165) is 27.8 Å². The number of carbonyl (C=O) groups is 1. The van der Waals surface area contributed by atoms with E-state index < -0.39 is 17.5 Å². The second-order valence-corrected chi connectivity index (χ2v) is 8.69. The van der Waals surface area contributed by atoms with Crippen molar-refractivity contribution in [3.63, 3.8) is 0 Å². The van der Waals surface area contributed by atoms with E-state index >= 15 is 0 Å². The lowest BCUT2D eigenvalue weighted by atomic mass is 9.91. The van der Waals surface area contributed by atoms with Gasteiger partial charge in [-0.3, -0.25) is 10.1 Å². The zero-order chi connectivity index (χ0) is 25.7. The van der Waals surface area contributed by atoms with E-state index in [1.807, 2.05) is 52.0 Å². The monoisotopic (exact) mass is 473 g/mol. The lowest BCUT2D eigenvalue weighted by molar-refractivity contribution is -0.384. The molecule has 3 aromatic rings. The van der Waals surface area contributed by atoms with E-state index in [0.29, 0.717) is 23.3 Å². The van der Waals surface area contributed by atoms with Gasteiger partial charge in [0.15, 0.2) is 6.61 Å². The van der Waals surface area contributed by atoms with Gasteiger partial charge in [-0.05, 0) is 78.3 Å². The molecular formula is C28H27NO6. The first kappa shape index (κ1) is 25.3. The van der Waals surface area contributed by atoms with Crippen LogP contribution >= 0.6 is 0 Å². The number of aliphatic carboxylic acids is 1. The van der Waals surface area contributed by atoms with Gasteiger partial charge in [0.05, 0.1) is 10.5 Å². The molecule has 0 aromatic heterocycles. The number of ether oxygens (including phenoxy) is 1. The number of aromatic hydroxyl groups is 1. The summed E-state index contributed by atoms with van der Waals surface area (Å²) in [7, 11) is 0. The normalized spacial score (nSPS) is 10.5. The summed E-state index contributed by atoms with van der Waals surface area (Å²) in [5.74, 6) is 5.54. The Morgan fingerprint density at radius 2 is 1.77 bits per heavy atom. The van der Waals surface area contributed by atoms with Crippen molar-refractivity contribution in [1.29, 1.82) is 0 Å². The van der Waals surface area contributed by atoms with Crippen LogP contribution in [-0.2, 0) is 11.2 Å². The van der Waals surface area contributed by atoms with Gasteiger partial charge in [0.25, 0.3) is 5.69 Å². The van der Waals surface area contributed by atoms with Crippen molar-refractivity contribution < 1.29 is 24.7 Å². The van der Waals surface area contributed by atoms with E-state index in [-0.39, 0.29) is 17.4 Å². The molecule has 0 amide bonds. The molecule has 3 aromatic carbocycles. The van der Waals surface area contributed by atoms with Crippen LogP contribution in [0.4, 0.5) is 5.69 Å². The van der Waals surface area contributed by atoms with Crippen molar-refractivity contribution in [2.45, 2.75) is 40.0 Å². The number of carboxylic acids is 1. The topological polar surface area (TPSA) is 110 Å². The predicted octanol–water partition coefficient (Wildman–Crippen LogP) is 5.49. The maximum absolute atomic E-state index is 11.0. The molecule has 180 valence electrons. The lowest BCUT2D eigenvalue weighted by Gasteiger charge is -2.16. The third-order valence-corrected chi connectivity index (χ3v) is 5.63. The number of hydrogen-bond acceptors (Lipinski definition) is 5. The number of aryl methyl sites for hydroxylation is 2. The highest BCUT2D eigenvalue weighted by Crippen LogP contribution is 2.32. The molecule has 0 saturated heterocycles. The minimum absolute atomic E-state index is 0.0422. The lowest BCUT2D eigenvalue weighted by Crippen LogP contribution is -2.10. The Balaban J connectivity index is 1.99. The second kappa shape index (κ2) is 10.7. The third kappa shape index (κ3) is 6.39. The minimum Gasteiger partial charge on any atom is -0.506 e. The fourth-order valence-electron chi connectivity index (χ4n) is 3.86. The van der Waals surface area contributed by atoms with E-state index in [1.165, 1.54) is 12.1 Å². The Morgan fingerprint density at radius 1 is 1.09 bits per heavy atom. The van der Waals surface area contributed by atoms with Crippen LogP contribution in [0.15, 0.2) is 48.5 Å². The molecule has 2 N–H and O–H groups in total. The Morgan fingerprint density at radius 3 is 2.37 bits per heavy atom. The number of carboxylic acid groups (broad SMARTS) is 1. The number of hydrogen-bond donors (Lipinski definition) is 2. The molecule has 0 unspecified atom stereocenters. The van der Waals surface area contributed by atoms with Gasteiger partial charge in [-0.15, -0.1) is 0 Å². The summed E-state index contributed by atoms with van der Waals surface area (Å²) in [6, 6.07) is 13.5. The molecule has 0 aliphatic carbocycles. The summed E-state index contributed by atoms with van der Waals surface area (Å²) < 4.78 is 5.32. The van der Waals surface area contributed by atoms with Crippen LogP contribution in [0.25, 0.3) is 0 Å². The molecular weight excluding hydrogens is 446 g/mol. The standard InChI is InChI=1S/C28H27NO6/c1-17(2)25-14-21(15-26-18(3)10-24(11-19(26)4)35-16-27(30)31)12-22(28(25)32)9-8-20-6-5-7-23(13-20)29(33)34/h5-7,10-14,17,32H,15-16H2,1-4H3,(H,30,31). The average molecular weight is 474 g/mol. The van der Waals surface area contributed by atoms with Gasteiger partial charge in [0.1, 0.15) is 11.5 Å². The van der Waals surface area contributed by atoms with Crippen LogP contribution in [0.2, 0.25) is 0 Å². The number of phenolic OH excluding ortho intramolecular Hbond substituents is 1. The van der Waals surface area contributed by atoms with Gasteiger partial charge in [-0.1, -0.05) is 37.8 Å². The maximum Gasteiger partial charge on any atom is 0.341 e. The molecule has 0 saturated carbocycles. The SMILES string of the molecule is Cc1cc(OCC(=O)O)cc(C)c1Cc1cc(C#Cc2cccc([N+](=O)[O-])c2)c(O)c(C(C)C)c1. The largest absolute Gasteiger partial charge is 0.506 e. The van der Waals surface area contributed by atoms with Crippen molar-refractivity contribution in [3.8, 4) is 23.3 Å². The fourth-order valence-corrected chi connectivity index (χ4v) is 3.86. The summed E-state index contributed by atoms with van der Waals surface area (Å²) in [6.45, 7) is 7.47. The first-order chi connectivity index (χ1) is 16.5. The number of phenols is 1. The average Bonchev–Trinajstić information content (AvgIpc) is 2.80. The van der Waals surface area contributed by atoms with E-state index in [4.69, 9.17) is 9.84 Å². The third-order valence-electron chi connectivity index (χ3n) is 5.63. The summed E-state index contributed by atoms with van der Waals surface area (Å²) in [5, 5.41) is 30.7. The maximum atomic E-state index is 11.0. The molecule has 7 nitrogen and oxygen atoms in total. The van der Waals surface area contributed by atoms with Gasteiger partial charge in [-0.25, -0.2) is 4.79 Å². The van der Waals surface area contributed by atoms with Crippen molar-refractivity contribution in [2.75, 3.05) is 6.61 Å². The van der Waals surface area contributed by atoms with Gasteiger partial charge in [-0.2, -0.15) is 0 Å². The summed E-state index contributed by atoms with van der Waals surface area (Å²) in [4.78, 5) is 21.4. The van der Waals surface area contributed by atoms with Crippen molar-refractivity contribution in [2.24, 2.45) is 0 Å². The number of nitrogens with zero attached hydrogens (tertiary/aromatic N) is 1. The minimum atomic E-state index is -1.03. The highest BCUT2D eigenvalue weighted by Gasteiger charge is 2.15. The number of nitro benzene ring substituents is 1. The molecule has 35 heavy (non-hydrogen) atoms. The first-order valence-electron chi connectivity index (χ1n) is 11.1. The molecule has 3 rings (SSSR count). The van der Waals surface area contributed by atoms with E-state index in [9.17, 15) is 20.0 Å². The molecule has 0 radical (unpaired) electrons. The Bertz CT molecular complexity index is 1320. The Kier molecular flexibility index (Phi) is 7.77. The van der Waals surface area contributed by atoms with Crippen LogP contribution in [0.5, 0.6) is 11.5 Å². The molecule has 0 bridgehead atoms. The molecule has 7 heteroatoms. The number of rotatable bonds is 7. The van der Waals surface area contributed by atoms with Crippen molar-refractivity contribution in [3.05, 3.63) is 97.6 Å². The predicted molar refractivity (Wildman–Crippen MR) is 133 cm³/mol. The van der Waals surface area contributed by atoms with E-state index in [2.05, 4.69) is 11.8 Å². The van der Waals surface area contributed by atoms with Crippen LogP contribution in [0, 0.1) is 35.8 Å². The molecule has 0 heterocycles. The molecule has 0 aliphatic heterocycles. The van der Waals surface area contributed by atoms with Gasteiger partial charge < -0.3 is 14.9 Å². The van der Waals surface area contributed by atoms with Crippen molar-refractivity contribution in [1.82, 2.24) is 0 Å².